The van der Waals surface area contributed by atoms with Crippen LogP contribution in [0.5, 0.6) is 0 Å². The fourth-order valence-corrected chi connectivity index (χ4v) is 2.19. The van der Waals surface area contributed by atoms with Crippen LogP contribution in [0.3, 0.4) is 0 Å². The smallest absolute Gasteiger partial charge is 0.0166 e. The SMILES string of the molecule is CCCC(CCC)CNC(C)CN(C)CC. The lowest BCUT2D eigenvalue weighted by Gasteiger charge is -2.23. The molecule has 1 unspecified atom stereocenters. The number of rotatable bonds is 10. The second-order valence-corrected chi connectivity index (χ2v) is 5.11. The Morgan fingerprint density at radius 1 is 1.06 bits per heavy atom. The van der Waals surface area contributed by atoms with Crippen molar-refractivity contribution in [3.05, 3.63) is 0 Å². The van der Waals surface area contributed by atoms with Crippen molar-refractivity contribution in [2.75, 3.05) is 26.7 Å². The van der Waals surface area contributed by atoms with Crippen LogP contribution in [0.25, 0.3) is 0 Å². The molecular weight excluding hydrogens is 196 g/mol. The van der Waals surface area contributed by atoms with Gasteiger partial charge in [0, 0.05) is 12.6 Å². The average molecular weight is 228 g/mol. The molecule has 0 bridgehead atoms. The lowest BCUT2D eigenvalue weighted by molar-refractivity contribution is 0.295. The third-order valence-electron chi connectivity index (χ3n) is 3.27. The van der Waals surface area contributed by atoms with Crippen molar-refractivity contribution in [2.45, 2.75) is 59.4 Å². The minimum Gasteiger partial charge on any atom is -0.313 e. The van der Waals surface area contributed by atoms with Gasteiger partial charge in [-0.3, -0.25) is 0 Å². The van der Waals surface area contributed by atoms with Gasteiger partial charge < -0.3 is 10.2 Å². The van der Waals surface area contributed by atoms with Crippen molar-refractivity contribution in [1.82, 2.24) is 10.2 Å². The van der Waals surface area contributed by atoms with E-state index in [0.717, 1.165) is 19.0 Å². The van der Waals surface area contributed by atoms with E-state index in [1.807, 2.05) is 0 Å². The molecule has 0 saturated carbocycles. The summed E-state index contributed by atoms with van der Waals surface area (Å²) in [5.74, 6) is 0.879. The van der Waals surface area contributed by atoms with Gasteiger partial charge in [-0.25, -0.2) is 0 Å². The normalized spacial score (nSPS) is 13.7. The maximum absolute atomic E-state index is 3.68. The summed E-state index contributed by atoms with van der Waals surface area (Å²) in [6.07, 6.45) is 5.37. The van der Waals surface area contributed by atoms with E-state index < -0.39 is 0 Å². The Labute approximate surface area is 103 Å². The molecule has 0 saturated heterocycles. The molecule has 1 N–H and O–H groups in total. The minimum atomic E-state index is 0.612. The van der Waals surface area contributed by atoms with Crippen LogP contribution in [0.2, 0.25) is 0 Å². The van der Waals surface area contributed by atoms with Crippen LogP contribution < -0.4 is 5.32 Å². The summed E-state index contributed by atoms with van der Waals surface area (Å²) in [6, 6.07) is 0.612. The first-order chi connectivity index (χ1) is 7.63. The number of nitrogens with one attached hydrogen (secondary N) is 1. The lowest BCUT2D eigenvalue weighted by Crippen LogP contribution is -2.39. The van der Waals surface area contributed by atoms with Gasteiger partial charge in [0.25, 0.3) is 0 Å². The van der Waals surface area contributed by atoms with E-state index in [4.69, 9.17) is 0 Å². The van der Waals surface area contributed by atoms with Gasteiger partial charge in [0.2, 0.25) is 0 Å². The fraction of sp³-hybridized carbons (Fsp3) is 1.00. The summed E-state index contributed by atoms with van der Waals surface area (Å²) in [4.78, 5) is 2.37. The molecule has 0 aromatic heterocycles. The molecule has 0 fully saturated rings. The third kappa shape index (κ3) is 8.12. The van der Waals surface area contributed by atoms with Gasteiger partial charge in [0.15, 0.2) is 0 Å². The first-order valence-electron chi connectivity index (χ1n) is 7.05. The van der Waals surface area contributed by atoms with E-state index in [0.29, 0.717) is 6.04 Å². The van der Waals surface area contributed by atoms with Gasteiger partial charge in [0.05, 0.1) is 0 Å². The first kappa shape index (κ1) is 15.9. The zero-order valence-electron chi connectivity index (χ0n) is 12.1. The fourth-order valence-electron chi connectivity index (χ4n) is 2.19. The molecule has 98 valence electrons. The van der Waals surface area contributed by atoms with E-state index >= 15 is 0 Å². The van der Waals surface area contributed by atoms with E-state index in [2.05, 4.69) is 45.0 Å². The predicted molar refractivity (Wildman–Crippen MR) is 73.9 cm³/mol. The topological polar surface area (TPSA) is 15.3 Å². The highest BCUT2D eigenvalue weighted by atomic mass is 15.1. The standard InChI is InChI=1S/C14H32N2/c1-6-9-14(10-7-2)11-15-13(4)12-16(5)8-3/h13-15H,6-12H2,1-5H3. The molecule has 0 aliphatic carbocycles. The van der Waals surface area contributed by atoms with Gasteiger partial charge in [-0.2, -0.15) is 0 Å². The first-order valence-corrected chi connectivity index (χ1v) is 7.05. The van der Waals surface area contributed by atoms with E-state index in [9.17, 15) is 0 Å². The maximum Gasteiger partial charge on any atom is 0.0166 e. The summed E-state index contributed by atoms with van der Waals surface area (Å²) in [6.45, 7) is 12.6. The van der Waals surface area contributed by atoms with Crippen LogP contribution in [0.4, 0.5) is 0 Å². The van der Waals surface area contributed by atoms with E-state index in [1.165, 1.54) is 32.2 Å². The highest BCUT2D eigenvalue weighted by molar-refractivity contribution is 4.68. The molecule has 16 heavy (non-hydrogen) atoms. The molecule has 0 aromatic rings. The summed E-state index contributed by atoms with van der Waals surface area (Å²) in [5, 5.41) is 3.68. The Balaban J connectivity index is 3.72. The van der Waals surface area contributed by atoms with Gasteiger partial charge in [0.1, 0.15) is 0 Å². The number of nitrogens with zero attached hydrogens (tertiary/aromatic N) is 1. The molecule has 0 amide bonds. The van der Waals surface area contributed by atoms with Crippen molar-refractivity contribution in [1.29, 1.82) is 0 Å². The highest BCUT2D eigenvalue weighted by Crippen LogP contribution is 2.12. The predicted octanol–water partition coefficient (Wildman–Crippen LogP) is 3.13. The Bertz CT molecular complexity index is 142. The quantitative estimate of drug-likeness (QED) is 0.618. The van der Waals surface area contributed by atoms with Gasteiger partial charge in [-0.05, 0) is 45.8 Å². The van der Waals surface area contributed by atoms with Gasteiger partial charge in [-0.1, -0.05) is 33.6 Å². The maximum atomic E-state index is 3.68. The summed E-state index contributed by atoms with van der Waals surface area (Å²) in [7, 11) is 2.19. The number of hydrogen-bond acceptors (Lipinski definition) is 2. The molecule has 1 atom stereocenters. The number of likely N-dealkylation sites (N-methyl/N-ethyl adjacent to an activating group) is 1. The van der Waals surface area contributed by atoms with Crippen LogP contribution in [-0.4, -0.2) is 37.6 Å². The van der Waals surface area contributed by atoms with Gasteiger partial charge in [-0.15, -0.1) is 0 Å². The Kier molecular flexibility index (Phi) is 10.0. The van der Waals surface area contributed by atoms with E-state index in [1.54, 1.807) is 0 Å². The molecule has 2 heteroatoms. The Morgan fingerprint density at radius 2 is 1.62 bits per heavy atom. The van der Waals surface area contributed by atoms with Crippen LogP contribution in [0.15, 0.2) is 0 Å². The number of hydrogen-bond donors (Lipinski definition) is 1. The van der Waals surface area contributed by atoms with Crippen molar-refractivity contribution in [3.8, 4) is 0 Å². The molecular formula is C14H32N2. The van der Waals surface area contributed by atoms with Crippen molar-refractivity contribution >= 4 is 0 Å². The Hall–Kier alpha value is -0.0800. The van der Waals surface area contributed by atoms with E-state index in [-0.39, 0.29) is 0 Å². The monoisotopic (exact) mass is 228 g/mol. The molecule has 0 radical (unpaired) electrons. The van der Waals surface area contributed by atoms with Crippen LogP contribution in [0.1, 0.15) is 53.4 Å². The van der Waals surface area contributed by atoms with Gasteiger partial charge >= 0.3 is 0 Å². The molecule has 0 spiro atoms. The minimum absolute atomic E-state index is 0.612. The molecule has 2 nitrogen and oxygen atoms in total. The highest BCUT2D eigenvalue weighted by Gasteiger charge is 2.09. The Morgan fingerprint density at radius 3 is 2.06 bits per heavy atom. The second-order valence-electron chi connectivity index (χ2n) is 5.11. The van der Waals surface area contributed by atoms with Crippen molar-refractivity contribution in [2.24, 2.45) is 5.92 Å². The largest absolute Gasteiger partial charge is 0.313 e. The lowest BCUT2D eigenvalue weighted by atomic mass is 9.98. The second kappa shape index (κ2) is 10.1. The van der Waals surface area contributed by atoms with Crippen molar-refractivity contribution in [3.63, 3.8) is 0 Å². The zero-order chi connectivity index (χ0) is 12.4. The van der Waals surface area contributed by atoms with Crippen LogP contribution in [0, 0.1) is 5.92 Å². The molecule has 0 heterocycles. The molecule has 0 aliphatic rings. The van der Waals surface area contributed by atoms with Crippen molar-refractivity contribution < 1.29 is 0 Å². The van der Waals surface area contributed by atoms with Crippen LogP contribution >= 0.6 is 0 Å². The third-order valence-corrected chi connectivity index (χ3v) is 3.27. The summed E-state index contributed by atoms with van der Waals surface area (Å²) >= 11 is 0. The molecule has 0 aliphatic heterocycles. The summed E-state index contributed by atoms with van der Waals surface area (Å²) < 4.78 is 0. The molecule has 0 rings (SSSR count). The average Bonchev–Trinajstić information content (AvgIpc) is 2.26. The summed E-state index contributed by atoms with van der Waals surface area (Å²) in [5.41, 5.74) is 0. The zero-order valence-corrected chi connectivity index (χ0v) is 12.1. The van der Waals surface area contributed by atoms with Crippen LogP contribution in [-0.2, 0) is 0 Å². The molecule has 0 aromatic carbocycles.